The quantitative estimate of drug-likeness (QED) is 0.591. The Balaban J connectivity index is 1.74. The molecule has 0 aliphatic carbocycles. The lowest BCUT2D eigenvalue weighted by Crippen LogP contribution is -2.28. The van der Waals surface area contributed by atoms with E-state index >= 15 is 0 Å². The summed E-state index contributed by atoms with van der Waals surface area (Å²) in [6, 6.07) is 12.6. The molecule has 1 aromatic heterocycles. The first-order valence-electron chi connectivity index (χ1n) is 9.62. The molecule has 1 saturated heterocycles. The second-order valence-corrected chi connectivity index (χ2v) is 8.10. The van der Waals surface area contributed by atoms with Crippen LogP contribution in [-0.4, -0.2) is 36.0 Å². The fourth-order valence-corrected chi connectivity index (χ4v) is 4.61. The number of nitrogens with zero attached hydrogens (tertiary/aromatic N) is 3. The van der Waals surface area contributed by atoms with Gasteiger partial charge in [-0.3, -0.25) is 19.3 Å². The number of rotatable bonds is 5. The Bertz CT molecular complexity index is 1210. The van der Waals surface area contributed by atoms with Crippen molar-refractivity contribution in [3.05, 3.63) is 58.4 Å². The van der Waals surface area contributed by atoms with Crippen molar-refractivity contribution in [2.75, 3.05) is 18.6 Å². The molecule has 2 heterocycles. The predicted molar refractivity (Wildman–Crippen MR) is 114 cm³/mol. The summed E-state index contributed by atoms with van der Waals surface area (Å²) in [6.45, 7) is 3.09. The lowest BCUT2D eigenvalue weighted by atomic mass is 10.2. The number of thiazole rings is 1. The van der Waals surface area contributed by atoms with Gasteiger partial charge in [-0.25, -0.2) is 0 Å². The second kappa shape index (κ2) is 8.33. The van der Waals surface area contributed by atoms with Gasteiger partial charge >= 0.3 is 0 Å². The Morgan fingerprint density at radius 1 is 1.13 bits per heavy atom. The van der Waals surface area contributed by atoms with Crippen LogP contribution in [0.3, 0.4) is 0 Å². The number of aromatic nitrogens is 1. The number of ether oxygens (including phenoxy) is 1. The van der Waals surface area contributed by atoms with Gasteiger partial charge in [-0.1, -0.05) is 23.5 Å². The van der Waals surface area contributed by atoms with Crippen LogP contribution < -0.4 is 9.70 Å². The molecule has 0 N–H and O–H groups in total. The third-order valence-electron chi connectivity index (χ3n) is 4.96. The summed E-state index contributed by atoms with van der Waals surface area (Å²) in [7, 11) is 1.63. The summed E-state index contributed by atoms with van der Waals surface area (Å²) in [6.07, 6.45) is 0.393. The Morgan fingerprint density at radius 2 is 1.90 bits per heavy atom. The Morgan fingerprint density at radius 3 is 2.63 bits per heavy atom. The molecule has 0 spiro atoms. The first-order chi connectivity index (χ1) is 14.5. The van der Waals surface area contributed by atoms with Gasteiger partial charge in [-0.05, 0) is 42.8 Å². The number of hydrogen-bond acceptors (Lipinski definition) is 5. The number of anilines is 1. The van der Waals surface area contributed by atoms with Crippen LogP contribution in [0.15, 0.2) is 47.5 Å². The summed E-state index contributed by atoms with van der Waals surface area (Å²) in [4.78, 5) is 43.0. The van der Waals surface area contributed by atoms with E-state index in [1.54, 1.807) is 31.4 Å². The van der Waals surface area contributed by atoms with Crippen LogP contribution in [0.4, 0.5) is 5.69 Å². The van der Waals surface area contributed by atoms with Gasteiger partial charge in [0.1, 0.15) is 0 Å². The van der Waals surface area contributed by atoms with Crippen LogP contribution in [0.1, 0.15) is 28.8 Å². The van der Waals surface area contributed by atoms with Gasteiger partial charge < -0.3 is 9.30 Å². The molecular formula is C22H21N3O4S. The molecule has 30 heavy (non-hydrogen) atoms. The summed E-state index contributed by atoms with van der Waals surface area (Å²) in [5.41, 5.74) is 2.86. The minimum absolute atomic E-state index is 0.197. The van der Waals surface area contributed by atoms with E-state index in [1.165, 1.54) is 11.3 Å². The fourth-order valence-electron chi connectivity index (χ4n) is 3.46. The van der Waals surface area contributed by atoms with Crippen molar-refractivity contribution in [3.63, 3.8) is 0 Å². The minimum Gasteiger partial charge on any atom is -0.383 e. The zero-order valence-corrected chi connectivity index (χ0v) is 17.6. The predicted octanol–water partition coefficient (Wildman–Crippen LogP) is 3.05. The molecule has 3 amide bonds. The van der Waals surface area contributed by atoms with Gasteiger partial charge in [0.15, 0.2) is 4.80 Å². The fraction of sp³-hybridized carbons (Fsp3) is 0.273. The molecule has 0 unspecified atom stereocenters. The van der Waals surface area contributed by atoms with Crippen molar-refractivity contribution in [2.45, 2.75) is 26.3 Å². The van der Waals surface area contributed by atoms with E-state index in [0.717, 1.165) is 20.7 Å². The lowest BCUT2D eigenvalue weighted by molar-refractivity contribution is -0.121. The third kappa shape index (κ3) is 3.83. The maximum atomic E-state index is 12.9. The summed E-state index contributed by atoms with van der Waals surface area (Å²) in [5.74, 6) is -0.928. The monoisotopic (exact) mass is 423 g/mol. The van der Waals surface area contributed by atoms with Crippen molar-refractivity contribution in [1.29, 1.82) is 0 Å². The first kappa shape index (κ1) is 20.2. The maximum absolute atomic E-state index is 12.9. The van der Waals surface area contributed by atoms with Crippen molar-refractivity contribution in [3.8, 4) is 0 Å². The molecule has 0 saturated carbocycles. The molecule has 8 heteroatoms. The van der Waals surface area contributed by atoms with Gasteiger partial charge in [0.05, 0.1) is 22.5 Å². The van der Waals surface area contributed by atoms with E-state index < -0.39 is 5.91 Å². The number of aryl methyl sites for hydroxylation is 1. The number of amides is 3. The molecule has 7 nitrogen and oxygen atoms in total. The maximum Gasteiger partial charge on any atom is 0.279 e. The Labute approximate surface area is 177 Å². The van der Waals surface area contributed by atoms with E-state index in [4.69, 9.17) is 4.74 Å². The minimum atomic E-state index is -0.426. The van der Waals surface area contributed by atoms with E-state index in [9.17, 15) is 14.4 Å². The first-order valence-corrected chi connectivity index (χ1v) is 10.4. The molecule has 1 fully saturated rings. The standard InChI is InChI=1S/C22H21N3O4S/c1-14-6-7-17-18(12-14)30-22(24(17)10-11-29-2)23-21(28)15-4-3-5-16(13-15)25-19(26)8-9-20(25)27/h3-7,12-13H,8-11H2,1-2H3. The number of hydrogen-bond donors (Lipinski definition) is 0. The van der Waals surface area contributed by atoms with E-state index in [2.05, 4.69) is 11.1 Å². The number of fused-ring (bicyclic) bond motifs is 1. The van der Waals surface area contributed by atoms with Crippen LogP contribution in [-0.2, 0) is 20.9 Å². The molecular weight excluding hydrogens is 402 g/mol. The van der Waals surface area contributed by atoms with Crippen LogP contribution in [0, 0.1) is 6.92 Å². The average molecular weight is 423 g/mol. The SMILES string of the molecule is COCCn1c(=NC(=O)c2cccc(N3C(=O)CCC3=O)c2)sc2cc(C)ccc21. The van der Waals surface area contributed by atoms with Gasteiger partial charge in [0.2, 0.25) is 11.8 Å². The molecule has 0 bridgehead atoms. The smallest absolute Gasteiger partial charge is 0.279 e. The highest BCUT2D eigenvalue weighted by molar-refractivity contribution is 7.16. The topological polar surface area (TPSA) is 81.0 Å². The van der Waals surface area contributed by atoms with Crippen LogP contribution >= 0.6 is 11.3 Å². The van der Waals surface area contributed by atoms with Crippen LogP contribution in [0.25, 0.3) is 10.2 Å². The van der Waals surface area contributed by atoms with E-state index in [1.807, 2.05) is 23.6 Å². The normalized spacial score (nSPS) is 14.9. The Kier molecular flexibility index (Phi) is 5.61. The summed E-state index contributed by atoms with van der Waals surface area (Å²) in [5, 5.41) is 0. The van der Waals surface area contributed by atoms with Gasteiger partial charge in [0.25, 0.3) is 5.91 Å². The molecule has 4 rings (SSSR count). The summed E-state index contributed by atoms with van der Waals surface area (Å²) < 4.78 is 8.22. The van der Waals surface area contributed by atoms with Crippen LogP contribution in [0.5, 0.6) is 0 Å². The van der Waals surface area contributed by atoms with Crippen molar-refractivity contribution in [2.24, 2.45) is 4.99 Å². The van der Waals surface area contributed by atoms with Crippen LogP contribution in [0.2, 0.25) is 0 Å². The van der Waals surface area contributed by atoms with Crippen molar-refractivity contribution in [1.82, 2.24) is 4.57 Å². The number of methoxy groups -OCH3 is 1. The van der Waals surface area contributed by atoms with Crippen molar-refractivity contribution < 1.29 is 19.1 Å². The number of imide groups is 1. The Hall–Kier alpha value is -3.10. The molecule has 154 valence electrons. The highest BCUT2D eigenvalue weighted by Gasteiger charge is 2.30. The number of carbonyl (C=O) groups excluding carboxylic acids is 3. The number of carbonyl (C=O) groups is 3. The zero-order valence-electron chi connectivity index (χ0n) is 16.8. The lowest BCUT2D eigenvalue weighted by Gasteiger charge is -2.14. The average Bonchev–Trinajstić information content (AvgIpc) is 3.24. The van der Waals surface area contributed by atoms with E-state index in [0.29, 0.717) is 29.2 Å². The van der Waals surface area contributed by atoms with Gasteiger partial charge in [-0.15, -0.1) is 0 Å². The molecule has 3 aromatic rings. The highest BCUT2D eigenvalue weighted by atomic mass is 32.1. The van der Waals surface area contributed by atoms with Gasteiger partial charge in [-0.2, -0.15) is 4.99 Å². The van der Waals surface area contributed by atoms with E-state index in [-0.39, 0.29) is 24.7 Å². The number of benzene rings is 2. The second-order valence-electron chi connectivity index (χ2n) is 7.09. The van der Waals surface area contributed by atoms with Crippen molar-refractivity contribution >= 4 is 45.0 Å². The molecule has 0 atom stereocenters. The largest absolute Gasteiger partial charge is 0.383 e. The van der Waals surface area contributed by atoms with Gasteiger partial charge in [0, 0.05) is 32.1 Å². The molecule has 1 aliphatic rings. The zero-order chi connectivity index (χ0) is 21.3. The molecule has 1 aliphatic heterocycles. The molecule has 0 radical (unpaired) electrons. The molecule has 2 aromatic carbocycles. The highest BCUT2D eigenvalue weighted by Crippen LogP contribution is 2.24. The summed E-state index contributed by atoms with van der Waals surface area (Å²) >= 11 is 1.44. The third-order valence-corrected chi connectivity index (χ3v) is 6.00.